The zero-order valence-corrected chi connectivity index (χ0v) is 19.0. The predicted octanol–water partition coefficient (Wildman–Crippen LogP) is 3.65. The lowest BCUT2D eigenvalue weighted by Gasteiger charge is -2.21. The van der Waals surface area contributed by atoms with Gasteiger partial charge in [-0.05, 0) is 58.7 Å². The molecule has 0 atom stereocenters. The van der Waals surface area contributed by atoms with Gasteiger partial charge in [0.25, 0.3) is 5.91 Å². The van der Waals surface area contributed by atoms with Crippen molar-refractivity contribution in [2.24, 2.45) is 0 Å². The number of carbonyl (C=O) groups excluding carboxylic acids is 3. The fraction of sp³-hybridized carbons (Fsp3) is 0.522. The second-order valence-corrected chi connectivity index (χ2v) is 7.08. The lowest BCUT2D eigenvalue weighted by atomic mass is 10.0. The van der Waals surface area contributed by atoms with Gasteiger partial charge in [0.15, 0.2) is 11.5 Å². The van der Waals surface area contributed by atoms with Gasteiger partial charge in [0.2, 0.25) is 0 Å². The Morgan fingerprint density at radius 1 is 1.13 bits per heavy atom. The number of hydrogen-bond acceptors (Lipinski definition) is 6. The Labute approximate surface area is 183 Å². The van der Waals surface area contributed by atoms with E-state index < -0.39 is 5.97 Å². The fourth-order valence-electron chi connectivity index (χ4n) is 3.73. The zero-order chi connectivity index (χ0) is 23.0. The summed E-state index contributed by atoms with van der Waals surface area (Å²) in [5, 5.41) is 0. The Balaban J connectivity index is 2.31. The number of rotatable bonds is 12. The number of esters is 1. The number of ether oxygens (including phenoxy) is 2. The van der Waals surface area contributed by atoms with Gasteiger partial charge >= 0.3 is 5.97 Å². The molecule has 0 aromatic carbocycles. The molecular formula is C23H32N2O6. The van der Waals surface area contributed by atoms with E-state index in [1.807, 2.05) is 13.8 Å². The largest absolute Gasteiger partial charge is 0.461 e. The van der Waals surface area contributed by atoms with Crippen LogP contribution < -0.4 is 0 Å². The molecule has 0 unspecified atom stereocenters. The summed E-state index contributed by atoms with van der Waals surface area (Å²) in [5.74, 6) is -0.866. The topological polar surface area (TPSA) is 91.0 Å². The van der Waals surface area contributed by atoms with Crippen molar-refractivity contribution in [3.8, 4) is 0 Å². The third kappa shape index (κ3) is 5.64. The highest BCUT2D eigenvalue weighted by Gasteiger charge is 2.29. The Morgan fingerprint density at radius 3 is 2.45 bits per heavy atom. The van der Waals surface area contributed by atoms with Crippen LogP contribution >= 0.6 is 0 Å². The molecule has 2 aromatic heterocycles. The van der Waals surface area contributed by atoms with Gasteiger partial charge in [-0.3, -0.25) is 9.59 Å². The van der Waals surface area contributed by atoms with Gasteiger partial charge in [0, 0.05) is 37.6 Å². The minimum atomic E-state index is -0.454. The summed E-state index contributed by atoms with van der Waals surface area (Å²) in [7, 11) is 0. The van der Waals surface area contributed by atoms with Crippen LogP contribution in [0.3, 0.4) is 0 Å². The smallest absolute Gasteiger partial charge is 0.355 e. The van der Waals surface area contributed by atoms with Gasteiger partial charge < -0.3 is 23.4 Å². The highest BCUT2D eigenvalue weighted by molar-refractivity contribution is 6.05. The predicted molar refractivity (Wildman–Crippen MR) is 116 cm³/mol. The summed E-state index contributed by atoms with van der Waals surface area (Å²) < 4.78 is 17.6. The molecule has 31 heavy (non-hydrogen) atoms. The second-order valence-electron chi connectivity index (χ2n) is 7.08. The number of ketones is 1. The summed E-state index contributed by atoms with van der Waals surface area (Å²) in [6.45, 7) is 11.2. The minimum absolute atomic E-state index is 0.122. The molecule has 8 heteroatoms. The maximum Gasteiger partial charge on any atom is 0.355 e. The zero-order valence-electron chi connectivity index (χ0n) is 19.0. The quantitative estimate of drug-likeness (QED) is 0.289. The average Bonchev–Trinajstić information content (AvgIpc) is 3.36. The Morgan fingerprint density at radius 2 is 1.87 bits per heavy atom. The van der Waals surface area contributed by atoms with E-state index in [0.29, 0.717) is 55.2 Å². The monoisotopic (exact) mass is 432 g/mol. The minimum Gasteiger partial charge on any atom is -0.461 e. The number of hydrogen-bond donors (Lipinski definition) is 0. The molecule has 0 N–H and O–H groups in total. The van der Waals surface area contributed by atoms with Crippen LogP contribution in [-0.2, 0) is 16.0 Å². The van der Waals surface area contributed by atoms with E-state index in [1.165, 1.54) is 11.2 Å². The van der Waals surface area contributed by atoms with Crippen LogP contribution in [0.5, 0.6) is 0 Å². The number of amides is 1. The van der Waals surface area contributed by atoms with Crippen LogP contribution in [0.25, 0.3) is 0 Å². The molecule has 0 radical (unpaired) electrons. The summed E-state index contributed by atoms with van der Waals surface area (Å²) in [5.41, 5.74) is 2.09. The van der Waals surface area contributed by atoms with Crippen molar-refractivity contribution in [3.63, 3.8) is 0 Å². The highest BCUT2D eigenvalue weighted by Crippen LogP contribution is 2.24. The van der Waals surface area contributed by atoms with E-state index in [2.05, 4.69) is 0 Å². The van der Waals surface area contributed by atoms with Crippen LogP contribution in [0.15, 0.2) is 22.8 Å². The van der Waals surface area contributed by atoms with E-state index in [0.717, 1.165) is 0 Å². The molecule has 1 amide bonds. The third-order valence-corrected chi connectivity index (χ3v) is 5.11. The first-order valence-electron chi connectivity index (χ1n) is 10.7. The average molecular weight is 433 g/mol. The van der Waals surface area contributed by atoms with Gasteiger partial charge in [-0.15, -0.1) is 0 Å². The number of nitrogens with zero attached hydrogens (tertiary/aromatic N) is 2. The van der Waals surface area contributed by atoms with Gasteiger partial charge in [-0.25, -0.2) is 4.79 Å². The molecule has 2 heterocycles. The Hall–Kier alpha value is -2.87. The van der Waals surface area contributed by atoms with E-state index in [9.17, 15) is 14.4 Å². The molecule has 2 aromatic rings. The van der Waals surface area contributed by atoms with E-state index in [-0.39, 0.29) is 30.6 Å². The van der Waals surface area contributed by atoms with Crippen LogP contribution in [-0.4, -0.2) is 60.0 Å². The molecule has 0 saturated heterocycles. The summed E-state index contributed by atoms with van der Waals surface area (Å²) in [6.07, 6.45) is 2.02. The fourth-order valence-corrected chi connectivity index (χ4v) is 3.73. The summed E-state index contributed by atoms with van der Waals surface area (Å²) in [6, 6.07) is 3.21. The maximum atomic E-state index is 13.3. The molecule has 0 aliphatic carbocycles. The summed E-state index contributed by atoms with van der Waals surface area (Å²) in [4.78, 5) is 40.1. The second kappa shape index (κ2) is 11.5. The van der Waals surface area contributed by atoms with Gasteiger partial charge in [-0.2, -0.15) is 0 Å². The third-order valence-electron chi connectivity index (χ3n) is 5.11. The number of Topliss-reactive ketones (excluding diaryl/α,β-unsaturated/α-hetero) is 1. The van der Waals surface area contributed by atoms with Crippen molar-refractivity contribution < 1.29 is 28.3 Å². The van der Waals surface area contributed by atoms with Gasteiger partial charge in [0.05, 0.1) is 19.4 Å². The molecular weight excluding hydrogens is 400 g/mol. The lowest BCUT2D eigenvalue weighted by molar-refractivity contribution is 0.0512. The Bertz CT molecular complexity index is 898. The maximum absolute atomic E-state index is 13.3. The molecule has 170 valence electrons. The molecule has 0 aliphatic heterocycles. The van der Waals surface area contributed by atoms with E-state index in [1.54, 1.807) is 37.5 Å². The van der Waals surface area contributed by atoms with Crippen LogP contribution in [0.4, 0.5) is 0 Å². The van der Waals surface area contributed by atoms with Crippen molar-refractivity contribution in [2.75, 3.05) is 32.9 Å². The summed E-state index contributed by atoms with van der Waals surface area (Å²) >= 11 is 0. The normalized spacial score (nSPS) is 10.9. The van der Waals surface area contributed by atoms with Crippen molar-refractivity contribution in [1.82, 2.24) is 9.47 Å². The van der Waals surface area contributed by atoms with Crippen LogP contribution in [0, 0.1) is 13.8 Å². The van der Waals surface area contributed by atoms with Crippen LogP contribution in [0.2, 0.25) is 0 Å². The molecule has 0 fully saturated rings. The van der Waals surface area contributed by atoms with Gasteiger partial charge in [0.1, 0.15) is 5.69 Å². The first kappa shape index (κ1) is 24.4. The standard InChI is InChI=1S/C23H32N2O6/c1-6-25-17(5)20(16(4)21(25)23(28)30-8-3)18(26)15-24(12-10-13-29-7-2)22(27)19-11-9-14-31-19/h9,11,14H,6-8,10,12-13,15H2,1-5H3. The highest BCUT2D eigenvalue weighted by atomic mass is 16.5. The number of aromatic nitrogens is 1. The molecule has 0 saturated carbocycles. The molecule has 8 nitrogen and oxygen atoms in total. The van der Waals surface area contributed by atoms with Crippen LogP contribution in [0.1, 0.15) is 69.9 Å². The van der Waals surface area contributed by atoms with Gasteiger partial charge in [-0.1, -0.05) is 0 Å². The first-order valence-corrected chi connectivity index (χ1v) is 10.7. The van der Waals surface area contributed by atoms with E-state index in [4.69, 9.17) is 13.9 Å². The number of furan rings is 1. The van der Waals surface area contributed by atoms with Crippen molar-refractivity contribution >= 4 is 17.7 Å². The van der Waals surface area contributed by atoms with Crippen molar-refractivity contribution in [2.45, 2.75) is 47.6 Å². The molecule has 0 spiro atoms. The lowest BCUT2D eigenvalue weighted by Crippen LogP contribution is -2.37. The molecule has 0 aliphatic rings. The Kier molecular flexibility index (Phi) is 9.05. The number of carbonyl (C=O) groups is 3. The first-order chi connectivity index (χ1) is 14.9. The molecule has 0 bridgehead atoms. The van der Waals surface area contributed by atoms with Crippen molar-refractivity contribution in [1.29, 1.82) is 0 Å². The SMILES string of the molecule is CCOCCCN(CC(=O)c1c(C)c(C(=O)OCC)n(CC)c1C)C(=O)c1ccco1. The van der Waals surface area contributed by atoms with E-state index >= 15 is 0 Å². The molecule has 2 rings (SSSR count). The van der Waals surface area contributed by atoms with Crippen molar-refractivity contribution in [3.05, 3.63) is 46.7 Å².